The van der Waals surface area contributed by atoms with E-state index in [0.29, 0.717) is 16.6 Å². The van der Waals surface area contributed by atoms with Gasteiger partial charge < -0.3 is 14.8 Å². The lowest BCUT2D eigenvalue weighted by atomic mass is 10.3. The van der Waals surface area contributed by atoms with Gasteiger partial charge in [0.15, 0.2) is 6.73 Å². The molecule has 1 aromatic heterocycles. The van der Waals surface area contributed by atoms with E-state index in [-0.39, 0.29) is 12.5 Å². The molecule has 0 fully saturated rings. The zero-order chi connectivity index (χ0) is 15.3. The number of benzene rings is 1. The number of nitrogens with zero attached hydrogens (tertiary/aromatic N) is 1. The maximum absolute atomic E-state index is 12.0. The standard InChI is InChI=1S/C12H10F3N2O3S/c13-12(14,15)20-9-3-1-8(2-4-9)16-7-19-10-6-21-11(5-18)17-10/h1-4,6,16H,5,7H2. The molecule has 0 aliphatic carbocycles. The van der Waals surface area contributed by atoms with E-state index in [1.807, 2.05) is 0 Å². The number of hydrogen-bond donors (Lipinski definition) is 1. The minimum atomic E-state index is -4.71. The second-order valence-corrected chi connectivity index (χ2v) is 4.70. The van der Waals surface area contributed by atoms with E-state index in [1.165, 1.54) is 35.6 Å². The van der Waals surface area contributed by atoms with Gasteiger partial charge in [-0.05, 0) is 24.3 Å². The number of nitrogens with one attached hydrogen (secondary N) is 1. The first-order chi connectivity index (χ1) is 9.96. The maximum Gasteiger partial charge on any atom is 0.573 e. The molecule has 0 aliphatic rings. The van der Waals surface area contributed by atoms with E-state index >= 15 is 0 Å². The predicted molar refractivity (Wildman–Crippen MR) is 68.7 cm³/mol. The summed E-state index contributed by atoms with van der Waals surface area (Å²) in [4.78, 5) is 3.91. The first-order valence-electron chi connectivity index (χ1n) is 5.71. The van der Waals surface area contributed by atoms with E-state index in [9.17, 15) is 18.3 Å². The van der Waals surface area contributed by atoms with Crippen molar-refractivity contribution < 1.29 is 27.8 Å². The highest BCUT2D eigenvalue weighted by atomic mass is 32.1. The summed E-state index contributed by atoms with van der Waals surface area (Å²) >= 11 is 1.20. The third-order valence-corrected chi connectivity index (χ3v) is 3.04. The Kier molecular flexibility index (Phi) is 4.86. The van der Waals surface area contributed by atoms with Crippen LogP contribution in [0.3, 0.4) is 0 Å². The normalized spacial score (nSPS) is 11.2. The Morgan fingerprint density at radius 3 is 2.52 bits per heavy atom. The summed E-state index contributed by atoms with van der Waals surface area (Å²) in [6.45, 7) is -0.330. The number of alkyl halides is 3. The van der Waals surface area contributed by atoms with Crippen LogP contribution in [0.5, 0.6) is 11.6 Å². The van der Waals surface area contributed by atoms with Crippen LogP contribution in [0.2, 0.25) is 0 Å². The molecule has 0 saturated heterocycles. The molecule has 0 unspecified atom stereocenters. The highest BCUT2D eigenvalue weighted by molar-refractivity contribution is 7.09. The largest absolute Gasteiger partial charge is 0.573 e. The average Bonchev–Trinajstić information content (AvgIpc) is 2.87. The van der Waals surface area contributed by atoms with Crippen LogP contribution < -0.4 is 14.8 Å². The summed E-state index contributed by atoms with van der Waals surface area (Å²) in [6, 6.07) is 5.23. The minimum Gasteiger partial charge on any atom is -0.456 e. The van der Waals surface area contributed by atoms with E-state index in [2.05, 4.69) is 15.0 Å². The van der Waals surface area contributed by atoms with Gasteiger partial charge in [0.1, 0.15) is 17.4 Å². The van der Waals surface area contributed by atoms with Crippen molar-refractivity contribution in [2.75, 3.05) is 12.0 Å². The van der Waals surface area contributed by atoms with Crippen molar-refractivity contribution in [2.24, 2.45) is 0 Å². The summed E-state index contributed by atoms with van der Waals surface area (Å²) in [5.41, 5.74) is 0.559. The molecule has 2 rings (SSSR count). The molecule has 0 spiro atoms. The molecule has 5 nitrogen and oxygen atoms in total. The Morgan fingerprint density at radius 1 is 1.24 bits per heavy atom. The third-order valence-electron chi connectivity index (χ3n) is 2.24. The lowest BCUT2D eigenvalue weighted by molar-refractivity contribution is -0.274. The van der Waals surface area contributed by atoms with Crippen LogP contribution in [0.15, 0.2) is 29.6 Å². The maximum atomic E-state index is 12.0. The molecule has 1 heterocycles. The van der Waals surface area contributed by atoms with Gasteiger partial charge in [-0.1, -0.05) is 0 Å². The van der Waals surface area contributed by atoms with Crippen LogP contribution >= 0.6 is 11.3 Å². The van der Waals surface area contributed by atoms with E-state index in [4.69, 9.17) is 4.74 Å². The number of rotatable bonds is 6. The molecular weight excluding hydrogens is 309 g/mol. The monoisotopic (exact) mass is 319 g/mol. The van der Waals surface area contributed by atoms with Crippen molar-refractivity contribution in [1.29, 1.82) is 0 Å². The Morgan fingerprint density at radius 2 is 1.95 bits per heavy atom. The summed E-state index contributed by atoms with van der Waals surface area (Å²) in [6.07, 6.45) is -4.71. The molecule has 0 saturated carbocycles. The molecule has 21 heavy (non-hydrogen) atoms. The molecule has 0 aliphatic heterocycles. The molecule has 1 N–H and O–H groups in total. The topological polar surface area (TPSA) is 63.3 Å². The van der Waals surface area contributed by atoms with E-state index in [1.54, 1.807) is 5.38 Å². The quantitative estimate of drug-likeness (QED) is 0.829. The zero-order valence-electron chi connectivity index (χ0n) is 10.5. The summed E-state index contributed by atoms with van der Waals surface area (Å²) in [7, 11) is 0. The molecule has 9 heteroatoms. The fraction of sp³-hybridized carbons (Fsp3) is 0.250. The van der Waals surface area contributed by atoms with Crippen molar-refractivity contribution in [1.82, 2.24) is 4.98 Å². The Hall–Kier alpha value is -2.00. The van der Waals surface area contributed by atoms with Crippen molar-refractivity contribution in [3.63, 3.8) is 0 Å². The Bertz CT molecular complexity index is 572. The smallest absolute Gasteiger partial charge is 0.456 e. The number of ether oxygens (including phenoxy) is 2. The molecule has 0 amide bonds. The van der Waals surface area contributed by atoms with Crippen LogP contribution in [0.4, 0.5) is 18.9 Å². The Balaban J connectivity index is 1.80. The van der Waals surface area contributed by atoms with Gasteiger partial charge in [-0.15, -0.1) is 24.5 Å². The van der Waals surface area contributed by atoms with Crippen LogP contribution in [0.1, 0.15) is 5.01 Å². The Labute approximate surface area is 122 Å². The molecular formula is C12H10F3N2O3S. The molecule has 113 valence electrons. The van der Waals surface area contributed by atoms with Crippen LogP contribution in [0.25, 0.3) is 0 Å². The number of anilines is 1. The first-order valence-corrected chi connectivity index (χ1v) is 6.59. The number of thiazole rings is 1. The molecule has 0 bridgehead atoms. The van der Waals surface area contributed by atoms with Gasteiger partial charge in [0, 0.05) is 5.69 Å². The second kappa shape index (κ2) is 6.64. The van der Waals surface area contributed by atoms with Crippen LogP contribution in [0, 0.1) is 0 Å². The van der Waals surface area contributed by atoms with Gasteiger partial charge in [0.25, 0.3) is 0 Å². The van der Waals surface area contributed by atoms with Crippen LogP contribution in [-0.2, 0) is 11.7 Å². The van der Waals surface area contributed by atoms with E-state index in [0.717, 1.165) is 0 Å². The van der Waals surface area contributed by atoms with Crippen LogP contribution in [-0.4, -0.2) is 18.1 Å². The second-order valence-electron chi connectivity index (χ2n) is 3.76. The fourth-order valence-electron chi connectivity index (χ4n) is 1.39. The average molecular weight is 319 g/mol. The lowest BCUT2D eigenvalue weighted by Crippen LogP contribution is -2.17. The molecule has 2 aromatic rings. The number of halogens is 3. The van der Waals surface area contributed by atoms with Gasteiger partial charge in [-0.3, -0.25) is 0 Å². The fourth-order valence-corrected chi connectivity index (χ4v) is 1.96. The molecule has 1 aromatic carbocycles. The number of aromatic nitrogens is 1. The third kappa shape index (κ3) is 5.12. The van der Waals surface area contributed by atoms with Gasteiger partial charge in [0.05, 0.1) is 5.38 Å². The van der Waals surface area contributed by atoms with Gasteiger partial charge in [-0.2, -0.15) is 0 Å². The van der Waals surface area contributed by atoms with Gasteiger partial charge in [0.2, 0.25) is 5.88 Å². The van der Waals surface area contributed by atoms with Crippen molar-refractivity contribution in [2.45, 2.75) is 13.0 Å². The zero-order valence-corrected chi connectivity index (χ0v) is 11.3. The summed E-state index contributed by atoms with van der Waals surface area (Å²) in [5.74, 6) is 0.0314. The first kappa shape index (κ1) is 15.4. The number of hydrogen-bond acceptors (Lipinski definition) is 5. The predicted octanol–water partition coefficient (Wildman–Crippen LogP) is 3.42. The van der Waals surface area contributed by atoms with Crippen molar-refractivity contribution in [3.05, 3.63) is 34.7 Å². The van der Waals surface area contributed by atoms with Crippen molar-refractivity contribution in [3.8, 4) is 11.6 Å². The van der Waals surface area contributed by atoms with Crippen molar-refractivity contribution >= 4 is 17.0 Å². The summed E-state index contributed by atoms with van der Waals surface area (Å²) < 4.78 is 44.9. The SMILES string of the molecule is [O]Cc1nc(OCNc2ccc(OC(F)(F)F)cc2)cs1. The molecule has 1 radical (unpaired) electrons. The summed E-state index contributed by atoms with van der Waals surface area (Å²) in [5, 5.41) is 15.4. The lowest BCUT2D eigenvalue weighted by Gasteiger charge is -2.10. The molecule has 0 atom stereocenters. The highest BCUT2D eigenvalue weighted by Crippen LogP contribution is 2.24. The van der Waals surface area contributed by atoms with E-state index < -0.39 is 13.0 Å². The van der Waals surface area contributed by atoms with Gasteiger partial charge >= 0.3 is 6.36 Å². The minimum absolute atomic E-state index is 0.0709. The van der Waals surface area contributed by atoms with Gasteiger partial charge in [-0.25, -0.2) is 10.1 Å². The highest BCUT2D eigenvalue weighted by Gasteiger charge is 2.30.